The number of hydrogen-bond donors (Lipinski definition) is 2. The Balaban J connectivity index is 3.79. The van der Waals surface area contributed by atoms with Crippen molar-refractivity contribution < 1.29 is 18.3 Å². The van der Waals surface area contributed by atoms with Crippen LogP contribution in [0.1, 0.15) is 27.0 Å². The number of nitrogens with two attached hydrogens (primary N) is 1. The smallest absolute Gasteiger partial charge is 0.336 e. The first-order valence-electron chi connectivity index (χ1n) is 4.53. The maximum atomic E-state index is 11.3. The van der Waals surface area contributed by atoms with Gasteiger partial charge in [0.2, 0.25) is 10.0 Å². The van der Waals surface area contributed by atoms with Crippen LogP contribution >= 0.6 is 0 Å². The number of aryl methyl sites for hydroxylation is 2. The third-order valence-corrected chi connectivity index (χ3v) is 3.60. The first kappa shape index (κ1) is 12.7. The number of aromatic carboxylic acids is 1. The molecule has 0 unspecified atom stereocenters. The molecule has 0 aromatic heterocycles. The van der Waals surface area contributed by atoms with Crippen LogP contribution in [0.15, 0.2) is 11.0 Å². The van der Waals surface area contributed by atoms with Crippen molar-refractivity contribution in [1.82, 2.24) is 0 Å². The number of carboxylic acids is 1. The zero-order valence-electron chi connectivity index (χ0n) is 9.23. The van der Waals surface area contributed by atoms with Crippen molar-refractivity contribution in [2.24, 2.45) is 5.14 Å². The molecule has 0 fully saturated rings. The lowest BCUT2D eigenvalue weighted by atomic mass is 10.00. The normalized spacial score (nSPS) is 11.5. The fourth-order valence-corrected chi connectivity index (χ4v) is 2.97. The molecule has 1 rings (SSSR count). The molecular weight excluding hydrogens is 230 g/mol. The quantitative estimate of drug-likeness (QED) is 0.808. The molecule has 0 aliphatic heterocycles. The highest BCUT2D eigenvalue weighted by Gasteiger charge is 2.22. The van der Waals surface area contributed by atoms with E-state index in [1.165, 1.54) is 13.0 Å². The molecule has 0 bridgehead atoms. The average Bonchev–Trinajstić information content (AvgIpc) is 1.97. The Kier molecular flexibility index (Phi) is 3.07. The molecule has 0 heterocycles. The standard InChI is InChI=1S/C10H13NO4S/c1-5-4-6(2)9(16(11,14)15)7(3)8(5)10(12)13/h4H,1-3H3,(H,12,13)(H2,11,14,15). The zero-order valence-corrected chi connectivity index (χ0v) is 10.1. The molecule has 6 heteroatoms. The number of carbonyl (C=O) groups is 1. The first-order chi connectivity index (χ1) is 7.16. The second-order valence-corrected chi connectivity index (χ2v) is 5.19. The van der Waals surface area contributed by atoms with Crippen LogP contribution in [-0.2, 0) is 10.0 Å². The van der Waals surface area contributed by atoms with E-state index in [1.54, 1.807) is 13.8 Å². The summed E-state index contributed by atoms with van der Waals surface area (Å²) < 4.78 is 22.7. The van der Waals surface area contributed by atoms with E-state index in [1.807, 2.05) is 0 Å². The van der Waals surface area contributed by atoms with Crippen molar-refractivity contribution in [2.75, 3.05) is 0 Å². The van der Waals surface area contributed by atoms with Crippen molar-refractivity contribution in [3.8, 4) is 0 Å². The largest absolute Gasteiger partial charge is 0.478 e. The molecule has 3 N–H and O–H groups in total. The molecule has 16 heavy (non-hydrogen) atoms. The molecule has 0 radical (unpaired) electrons. The third-order valence-electron chi connectivity index (χ3n) is 2.40. The predicted molar refractivity (Wildman–Crippen MR) is 59.0 cm³/mol. The Morgan fingerprint density at radius 1 is 1.25 bits per heavy atom. The highest BCUT2D eigenvalue weighted by Crippen LogP contribution is 2.25. The lowest BCUT2D eigenvalue weighted by Crippen LogP contribution is -2.18. The van der Waals surface area contributed by atoms with Gasteiger partial charge < -0.3 is 5.11 Å². The highest BCUT2D eigenvalue weighted by molar-refractivity contribution is 7.89. The molecular formula is C10H13NO4S. The molecule has 1 aromatic carbocycles. The van der Waals surface area contributed by atoms with Gasteiger partial charge in [0.1, 0.15) is 0 Å². The molecule has 0 spiro atoms. The van der Waals surface area contributed by atoms with E-state index >= 15 is 0 Å². The van der Waals surface area contributed by atoms with Gasteiger partial charge in [0, 0.05) is 0 Å². The van der Waals surface area contributed by atoms with Crippen LogP contribution in [0.3, 0.4) is 0 Å². The molecule has 0 atom stereocenters. The van der Waals surface area contributed by atoms with Crippen molar-refractivity contribution >= 4 is 16.0 Å². The molecule has 0 aliphatic rings. The van der Waals surface area contributed by atoms with Crippen LogP contribution in [-0.4, -0.2) is 19.5 Å². The summed E-state index contributed by atoms with van der Waals surface area (Å²) in [6.07, 6.45) is 0. The Morgan fingerprint density at radius 3 is 2.12 bits per heavy atom. The van der Waals surface area contributed by atoms with Gasteiger partial charge in [0.05, 0.1) is 10.5 Å². The Bertz CT molecular complexity index is 561. The summed E-state index contributed by atoms with van der Waals surface area (Å²) in [7, 11) is -3.90. The van der Waals surface area contributed by atoms with Gasteiger partial charge in [-0.3, -0.25) is 0 Å². The zero-order chi connectivity index (χ0) is 12.7. The van der Waals surface area contributed by atoms with Crippen molar-refractivity contribution in [3.05, 3.63) is 28.3 Å². The lowest BCUT2D eigenvalue weighted by Gasteiger charge is -2.12. The Labute approximate surface area is 93.9 Å². The molecule has 5 nitrogen and oxygen atoms in total. The van der Waals surface area contributed by atoms with Gasteiger partial charge in [-0.15, -0.1) is 0 Å². The van der Waals surface area contributed by atoms with Crippen LogP contribution in [0.25, 0.3) is 0 Å². The van der Waals surface area contributed by atoms with Gasteiger partial charge in [-0.25, -0.2) is 18.4 Å². The summed E-state index contributed by atoms with van der Waals surface area (Å²) in [6, 6.07) is 1.51. The number of rotatable bonds is 2. The van der Waals surface area contributed by atoms with E-state index in [0.29, 0.717) is 11.1 Å². The van der Waals surface area contributed by atoms with Crippen molar-refractivity contribution in [1.29, 1.82) is 0 Å². The van der Waals surface area contributed by atoms with Crippen LogP contribution < -0.4 is 5.14 Å². The maximum absolute atomic E-state index is 11.3. The van der Waals surface area contributed by atoms with Crippen LogP contribution in [0.2, 0.25) is 0 Å². The van der Waals surface area contributed by atoms with E-state index in [-0.39, 0.29) is 16.0 Å². The van der Waals surface area contributed by atoms with E-state index in [0.717, 1.165) is 0 Å². The number of sulfonamides is 1. The predicted octanol–water partition coefficient (Wildman–Crippen LogP) is 0.957. The molecule has 0 amide bonds. The SMILES string of the molecule is Cc1cc(C)c(S(N)(=O)=O)c(C)c1C(=O)O. The number of hydrogen-bond acceptors (Lipinski definition) is 3. The maximum Gasteiger partial charge on any atom is 0.336 e. The molecule has 0 saturated carbocycles. The number of carboxylic acid groups (broad SMARTS) is 1. The molecule has 0 saturated heterocycles. The van der Waals surface area contributed by atoms with Gasteiger partial charge >= 0.3 is 5.97 Å². The van der Waals surface area contributed by atoms with Gasteiger partial charge in [0.15, 0.2) is 0 Å². The van der Waals surface area contributed by atoms with Crippen LogP contribution in [0.4, 0.5) is 0 Å². The molecule has 88 valence electrons. The average molecular weight is 243 g/mol. The Morgan fingerprint density at radius 2 is 1.75 bits per heavy atom. The summed E-state index contributed by atoms with van der Waals surface area (Å²) >= 11 is 0. The summed E-state index contributed by atoms with van der Waals surface area (Å²) in [6.45, 7) is 4.66. The summed E-state index contributed by atoms with van der Waals surface area (Å²) in [5, 5.41) is 14.0. The lowest BCUT2D eigenvalue weighted by molar-refractivity contribution is 0.0695. The van der Waals surface area contributed by atoms with Gasteiger partial charge in [0.25, 0.3) is 0 Å². The number of primary sulfonamides is 1. The van der Waals surface area contributed by atoms with Crippen LogP contribution in [0, 0.1) is 20.8 Å². The minimum Gasteiger partial charge on any atom is -0.478 e. The number of benzene rings is 1. The van der Waals surface area contributed by atoms with Gasteiger partial charge in [-0.1, -0.05) is 6.07 Å². The van der Waals surface area contributed by atoms with Crippen molar-refractivity contribution in [2.45, 2.75) is 25.7 Å². The van der Waals surface area contributed by atoms with E-state index in [9.17, 15) is 13.2 Å². The topological polar surface area (TPSA) is 97.5 Å². The Hall–Kier alpha value is -1.40. The fraction of sp³-hybridized carbons (Fsp3) is 0.300. The minimum absolute atomic E-state index is 0.00498. The molecule has 1 aromatic rings. The van der Waals surface area contributed by atoms with Crippen LogP contribution in [0.5, 0.6) is 0 Å². The first-order valence-corrected chi connectivity index (χ1v) is 6.07. The van der Waals surface area contributed by atoms with E-state index < -0.39 is 16.0 Å². The van der Waals surface area contributed by atoms with E-state index in [4.69, 9.17) is 10.2 Å². The van der Waals surface area contributed by atoms with Gasteiger partial charge in [-0.2, -0.15) is 0 Å². The minimum atomic E-state index is -3.90. The van der Waals surface area contributed by atoms with Gasteiger partial charge in [-0.05, 0) is 37.5 Å². The second kappa shape index (κ2) is 3.88. The highest BCUT2D eigenvalue weighted by atomic mass is 32.2. The summed E-state index contributed by atoms with van der Waals surface area (Å²) in [5.41, 5.74) is 1.17. The van der Waals surface area contributed by atoms with E-state index in [2.05, 4.69) is 0 Å². The van der Waals surface area contributed by atoms with Crippen molar-refractivity contribution in [3.63, 3.8) is 0 Å². The summed E-state index contributed by atoms with van der Waals surface area (Å²) in [5.74, 6) is -1.15. The second-order valence-electron chi connectivity index (χ2n) is 3.69. The fourth-order valence-electron chi connectivity index (χ4n) is 1.93. The monoisotopic (exact) mass is 243 g/mol. The summed E-state index contributed by atoms with van der Waals surface area (Å²) in [4.78, 5) is 10.9. The molecule has 0 aliphatic carbocycles. The third kappa shape index (κ3) is 2.07.